The van der Waals surface area contributed by atoms with E-state index in [-0.39, 0.29) is 5.91 Å². The van der Waals surface area contributed by atoms with Gasteiger partial charge in [0.1, 0.15) is 5.69 Å². The van der Waals surface area contributed by atoms with Crippen molar-refractivity contribution < 1.29 is 4.79 Å². The molecule has 0 spiro atoms. The van der Waals surface area contributed by atoms with Crippen LogP contribution in [0.2, 0.25) is 0 Å². The van der Waals surface area contributed by atoms with Crippen molar-refractivity contribution in [2.24, 2.45) is 0 Å². The molecule has 0 saturated carbocycles. The number of carbonyl (C=O) groups is 1. The maximum atomic E-state index is 11.5. The number of rotatable bonds is 2. The molecule has 1 N–H and O–H groups in total. The largest absolute Gasteiger partial charge is 0.354 e. The standard InChI is InChI=1S/C14H14N2O/c1-10-4-3-5-11(8-10)12-6-7-16-13(9-12)14(17)15-2/h3-9H,1-2H3,(H,15,17). The first-order chi connectivity index (χ1) is 8.20. The summed E-state index contributed by atoms with van der Waals surface area (Å²) in [4.78, 5) is 15.5. The van der Waals surface area contributed by atoms with Crippen molar-refractivity contribution >= 4 is 5.91 Å². The van der Waals surface area contributed by atoms with Gasteiger partial charge in [0, 0.05) is 13.2 Å². The summed E-state index contributed by atoms with van der Waals surface area (Å²) >= 11 is 0. The van der Waals surface area contributed by atoms with Gasteiger partial charge in [0.05, 0.1) is 0 Å². The normalized spacial score (nSPS) is 10.0. The molecule has 17 heavy (non-hydrogen) atoms. The van der Waals surface area contributed by atoms with Crippen LogP contribution in [0.1, 0.15) is 16.1 Å². The topological polar surface area (TPSA) is 42.0 Å². The summed E-state index contributed by atoms with van der Waals surface area (Å²) < 4.78 is 0. The number of nitrogens with zero attached hydrogens (tertiary/aromatic N) is 1. The van der Waals surface area contributed by atoms with E-state index in [1.165, 1.54) is 5.56 Å². The fraction of sp³-hybridized carbons (Fsp3) is 0.143. The number of hydrogen-bond acceptors (Lipinski definition) is 2. The number of pyridine rings is 1. The second kappa shape index (κ2) is 4.78. The van der Waals surface area contributed by atoms with Crippen molar-refractivity contribution in [1.82, 2.24) is 10.3 Å². The molecule has 0 aliphatic carbocycles. The minimum absolute atomic E-state index is 0.167. The van der Waals surface area contributed by atoms with Gasteiger partial charge in [0.15, 0.2) is 0 Å². The van der Waals surface area contributed by atoms with Gasteiger partial charge in [0.25, 0.3) is 5.91 Å². The van der Waals surface area contributed by atoms with Crippen molar-refractivity contribution in [3.63, 3.8) is 0 Å². The molecule has 86 valence electrons. The Labute approximate surface area is 101 Å². The summed E-state index contributed by atoms with van der Waals surface area (Å²) in [6.45, 7) is 2.05. The second-order valence-electron chi connectivity index (χ2n) is 3.88. The summed E-state index contributed by atoms with van der Waals surface area (Å²) in [5.74, 6) is -0.167. The third kappa shape index (κ3) is 2.50. The number of aromatic nitrogens is 1. The highest BCUT2D eigenvalue weighted by molar-refractivity contribution is 5.93. The Morgan fingerprint density at radius 1 is 1.18 bits per heavy atom. The summed E-state index contributed by atoms with van der Waals surface area (Å²) in [5.41, 5.74) is 3.73. The van der Waals surface area contributed by atoms with Crippen LogP contribution in [-0.2, 0) is 0 Å². The van der Waals surface area contributed by atoms with Gasteiger partial charge < -0.3 is 5.32 Å². The van der Waals surface area contributed by atoms with Gasteiger partial charge in [0.2, 0.25) is 0 Å². The van der Waals surface area contributed by atoms with Crippen LogP contribution in [0.25, 0.3) is 11.1 Å². The lowest BCUT2D eigenvalue weighted by Crippen LogP contribution is -2.19. The third-order valence-electron chi connectivity index (χ3n) is 2.57. The molecule has 3 heteroatoms. The lowest BCUT2D eigenvalue weighted by atomic mass is 10.0. The average Bonchev–Trinajstić information content (AvgIpc) is 2.38. The van der Waals surface area contributed by atoms with Crippen LogP contribution in [0.15, 0.2) is 42.6 Å². The molecule has 2 aromatic rings. The van der Waals surface area contributed by atoms with E-state index in [9.17, 15) is 4.79 Å². The van der Waals surface area contributed by atoms with E-state index < -0.39 is 0 Å². The van der Waals surface area contributed by atoms with E-state index in [1.54, 1.807) is 19.3 Å². The van der Waals surface area contributed by atoms with E-state index in [0.29, 0.717) is 5.69 Å². The summed E-state index contributed by atoms with van der Waals surface area (Å²) in [6, 6.07) is 11.9. The Morgan fingerprint density at radius 2 is 1.94 bits per heavy atom. The predicted molar refractivity (Wildman–Crippen MR) is 67.8 cm³/mol. The first kappa shape index (κ1) is 11.3. The van der Waals surface area contributed by atoms with Crippen LogP contribution < -0.4 is 5.32 Å². The van der Waals surface area contributed by atoms with E-state index in [0.717, 1.165) is 11.1 Å². The van der Waals surface area contributed by atoms with Crippen molar-refractivity contribution in [1.29, 1.82) is 0 Å². The molecule has 1 aromatic heterocycles. The predicted octanol–water partition coefficient (Wildman–Crippen LogP) is 2.42. The van der Waals surface area contributed by atoms with Crippen molar-refractivity contribution in [2.45, 2.75) is 6.92 Å². The first-order valence-electron chi connectivity index (χ1n) is 5.46. The Morgan fingerprint density at radius 3 is 2.65 bits per heavy atom. The highest BCUT2D eigenvalue weighted by atomic mass is 16.1. The highest BCUT2D eigenvalue weighted by Crippen LogP contribution is 2.20. The maximum Gasteiger partial charge on any atom is 0.269 e. The monoisotopic (exact) mass is 226 g/mol. The Hall–Kier alpha value is -2.16. The minimum Gasteiger partial charge on any atom is -0.354 e. The molecule has 3 nitrogen and oxygen atoms in total. The molecule has 0 radical (unpaired) electrons. The van der Waals surface area contributed by atoms with Crippen LogP contribution in [0.4, 0.5) is 0 Å². The van der Waals surface area contributed by atoms with Gasteiger partial charge in [-0.15, -0.1) is 0 Å². The molecular formula is C14H14N2O. The Balaban J connectivity index is 2.43. The zero-order valence-corrected chi connectivity index (χ0v) is 9.90. The number of carbonyl (C=O) groups excluding carboxylic acids is 1. The van der Waals surface area contributed by atoms with Crippen molar-refractivity contribution in [3.8, 4) is 11.1 Å². The summed E-state index contributed by atoms with van der Waals surface area (Å²) in [5, 5.41) is 2.57. The SMILES string of the molecule is CNC(=O)c1cc(-c2cccc(C)c2)ccn1. The van der Waals surface area contributed by atoms with Crippen LogP contribution in [0, 0.1) is 6.92 Å². The van der Waals surface area contributed by atoms with E-state index in [4.69, 9.17) is 0 Å². The smallest absolute Gasteiger partial charge is 0.269 e. The lowest BCUT2D eigenvalue weighted by Gasteiger charge is -2.04. The number of benzene rings is 1. The van der Waals surface area contributed by atoms with Crippen LogP contribution >= 0.6 is 0 Å². The fourth-order valence-electron chi connectivity index (χ4n) is 1.69. The lowest BCUT2D eigenvalue weighted by molar-refractivity contribution is 0.0958. The van der Waals surface area contributed by atoms with E-state index in [2.05, 4.69) is 16.4 Å². The molecule has 0 atom stereocenters. The van der Waals surface area contributed by atoms with Crippen LogP contribution in [0.3, 0.4) is 0 Å². The molecule has 0 aliphatic heterocycles. The van der Waals surface area contributed by atoms with Crippen LogP contribution in [-0.4, -0.2) is 17.9 Å². The zero-order valence-electron chi connectivity index (χ0n) is 9.90. The summed E-state index contributed by atoms with van der Waals surface area (Å²) in [6.07, 6.45) is 1.66. The molecule has 1 heterocycles. The molecule has 0 aliphatic rings. The third-order valence-corrected chi connectivity index (χ3v) is 2.57. The molecular weight excluding hydrogens is 212 g/mol. The van der Waals surface area contributed by atoms with Gasteiger partial charge in [-0.25, -0.2) is 0 Å². The van der Waals surface area contributed by atoms with Gasteiger partial charge in [-0.2, -0.15) is 0 Å². The Bertz CT molecular complexity index is 549. The van der Waals surface area contributed by atoms with Crippen molar-refractivity contribution in [2.75, 3.05) is 7.05 Å². The maximum absolute atomic E-state index is 11.5. The van der Waals surface area contributed by atoms with E-state index in [1.807, 2.05) is 31.2 Å². The molecule has 2 rings (SSSR count). The number of amides is 1. The van der Waals surface area contributed by atoms with Crippen molar-refractivity contribution in [3.05, 3.63) is 53.9 Å². The molecule has 0 saturated heterocycles. The molecule has 0 fully saturated rings. The Kier molecular flexibility index (Phi) is 3.19. The molecule has 1 aromatic carbocycles. The average molecular weight is 226 g/mol. The second-order valence-corrected chi connectivity index (χ2v) is 3.88. The molecule has 0 unspecified atom stereocenters. The van der Waals surface area contributed by atoms with E-state index >= 15 is 0 Å². The number of hydrogen-bond donors (Lipinski definition) is 1. The molecule has 0 bridgehead atoms. The van der Waals surface area contributed by atoms with Gasteiger partial charge in [-0.3, -0.25) is 9.78 Å². The number of nitrogens with one attached hydrogen (secondary N) is 1. The first-order valence-corrected chi connectivity index (χ1v) is 5.46. The minimum atomic E-state index is -0.167. The van der Waals surface area contributed by atoms with Crippen LogP contribution in [0.5, 0.6) is 0 Å². The molecule has 1 amide bonds. The van der Waals surface area contributed by atoms with Gasteiger partial charge in [-0.05, 0) is 30.2 Å². The summed E-state index contributed by atoms with van der Waals surface area (Å²) in [7, 11) is 1.60. The number of aryl methyl sites for hydroxylation is 1. The van der Waals surface area contributed by atoms with Gasteiger partial charge >= 0.3 is 0 Å². The highest BCUT2D eigenvalue weighted by Gasteiger charge is 2.06. The van der Waals surface area contributed by atoms with Gasteiger partial charge in [-0.1, -0.05) is 29.8 Å². The zero-order chi connectivity index (χ0) is 12.3. The fourth-order valence-corrected chi connectivity index (χ4v) is 1.69. The quantitative estimate of drug-likeness (QED) is 0.854.